The van der Waals surface area contributed by atoms with Gasteiger partial charge in [-0.2, -0.15) is 0 Å². The van der Waals surface area contributed by atoms with Gasteiger partial charge in [-0.3, -0.25) is 14.5 Å². The van der Waals surface area contributed by atoms with Crippen LogP contribution in [0.5, 0.6) is 0 Å². The summed E-state index contributed by atoms with van der Waals surface area (Å²) >= 11 is 5.82. The Bertz CT molecular complexity index is 792. The Morgan fingerprint density at radius 2 is 1.95 bits per heavy atom. The first-order valence-corrected chi connectivity index (χ1v) is 7.66. The molecule has 1 aromatic carbocycles. The minimum atomic E-state index is -0.223. The van der Waals surface area contributed by atoms with Gasteiger partial charge in [0, 0.05) is 19.2 Å². The highest BCUT2D eigenvalue weighted by Gasteiger charge is 2.33. The van der Waals surface area contributed by atoms with Gasteiger partial charge < -0.3 is 4.57 Å². The van der Waals surface area contributed by atoms with Crippen LogP contribution in [0, 0.1) is 13.8 Å². The third-order valence-electron chi connectivity index (χ3n) is 4.40. The zero-order valence-corrected chi connectivity index (χ0v) is 13.6. The molecule has 2 aromatic rings. The Balaban J connectivity index is 2.38. The van der Waals surface area contributed by atoms with E-state index in [1.165, 1.54) is 0 Å². The maximum atomic E-state index is 12.7. The molecule has 0 spiro atoms. The minimum absolute atomic E-state index is 0.0195. The number of carbonyl (C=O) groups excluding carboxylic acids is 2. The van der Waals surface area contributed by atoms with E-state index in [9.17, 15) is 9.59 Å². The number of para-hydroxylation sites is 1. The van der Waals surface area contributed by atoms with Crippen molar-refractivity contribution < 1.29 is 9.59 Å². The molecule has 0 saturated heterocycles. The average Bonchev–Trinajstić information content (AvgIpc) is 2.67. The predicted octanol–water partition coefficient (Wildman–Crippen LogP) is 3.28. The number of aromatic nitrogens is 1. The first-order valence-electron chi connectivity index (χ1n) is 7.13. The number of Topliss-reactive ketones (excluding diaryl/α,β-unsaturated/α-hetero) is 1. The molecule has 1 aromatic heterocycles. The molecule has 0 atom stereocenters. The highest BCUT2D eigenvalue weighted by atomic mass is 35.5. The summed E-state index contributed by atoms with van der Waals surface area (Å²) in [5.41, 5.74) is 4.74. The molecule has 0 fully saturated rings. The van der Waals surface area contributed by atoms with Crippen molar-refractivity contribution in [2.75, 3.05) is 10.8 Å². The molecule has 2 heterocycles. The zero-order valence-electron chi connectivity index (χ0n) is 12.8. The molecule has 114 valence electrons. The number of ketones is 1. The second kappa shape index (κ2) is 5.29. The van der Waals surface area contributed by atoms with Crippen molar-refractivity contribution in [3.63, 3.8) is 0 Å². The number of halogens is 1. The van der Waals surface area contributed by atoms with Crippen molar-refractivity contribution in [3.05, 3.63) is 46.8 Å². The van der Waals surface area contributed by atoms with Crippen LogP contribution in [0.25, 0.3) is 0 Å². The lowest BCUT2D eigenvalue weighted by Gasteiger charge is -2.23. The number of carbonyl (C=O) groups is 2. The molecule has 22 heavy (non-hydrogen) atoms. The van der Waals surface area contributed by atoms with Gasteiger partial charge >= 0.3 is 0 Å². The lowest BCUT2D eigenvalue weighted by molar-refractivity contribution is -0.115. The molecule has 1 amide bonds. The van der Waals surface area contributed by atoms with E-state index >= 15 is 0 Å². The van der Waals surface area contributed by atoms with E-state index < -0.39 is 0 Å². The second-order valence-electron chi connectivity index (χ2n) is 5.56. The summed E-state index contributed by atoms with van der Waals surface area (Å²) in [7, 11) is 1.86. The van der Waals surface area contributed by atoms with Crippen LogP contribution in [-0.4, -0.2) is 22.1 Å². The Kier molecular flexibility index (Phi) is 3.57. The van der Waals surface area contributed by atoms with E-state index in [1.807, 2.05) is 49.7 Å². The van der Waals surface area contributed by atoms with Crippen molar-refractivity contribution in [1.29, 1.82) is 0 Å². The molecular formula is C17H17ClN2O2. The van der Waals surface area contributed by atoms with Crippen LogP contribution in [0.4, 0.5) is 11.4 Å². The van der Waals surface area contributed by atoms with Gasteiger partial charge in [-0.1, -0.05) is 18.2 Å². The first-order chi connectivity index (χ1) is 10.5. The largest absolute Gasteiger partial charge is 0.344 e. The number of hydrogen-bond acceptors (Lipinski definition) is 2. The van der Waals surface area contributed by atoms with Crippen molar-refractivity contribution in [2.45, 2.75) is 20.3 Å². The molecule has 0 aliphatic carbocycles. The maximum Gasteiger partial charge on any atom is 0.246 e. The van der Waals surface area contributed by atoms with Gasteiger partial charge in [-0.05, 0) is 31.0 Å². The van der Waals surface area contributed by atoms with E-state index in [0.29, 0.717) is 11.4 Å². The van der Waals surface area contributed by atoms with Crippen molar-refractivity contribution >= 4 is 34.7 Å². The van der Waals surface area contributed by atoms with E-state index in [-0.39, 0.29) is 24.0 Å². The van der Waals surface area contributed by atoms with Crippen LogP contribution in [0.1, 0.15) is 27.3 Å². The fraction of sp³-hybridized carbons (Fsp3) is 0.294. The van der Waals surface area contributed by atoms with Crippen molar-refractivity contribution in [1.82, 2.24) is 4.57 Å². The molecule has 4 nitrogen and oxygen atoms in total. The van der Waals surface area contributed by atoms with Crippen LogP contribution >= 0.6 is 11.6 Å². The standard InChI is InChI=1S/C17H17ClN2O2/c1-10-11(2)19(3)17-14(21)8-12-6-4-5-7-13(12)20(16(10)17)15(22)9-18/h4-7H,8-9H2,1-3H3. The predicted molar refractivity (Wildman–Crippen MR) is 87.2 cm³/mol. The molecule has 1 aliphatic heterocycles. The number of amides is 1. The van der Waals surface area contributed by atoms with E-state index in [4.69, 9.17) is 11.6 Å². The fourth-order valence-corrected chi connectivity index (χ4v) is 3.21. The lowest BCUT2D eigenvalue weighted by Crippen LogP contribution is -2.28. The number of benzene rings is 1. The van der Waals surface area contributed by atoms with E-state index in [1.54, 1.807) is 4.90 Å². The van der Waals surface area contributed by atoms with Crippen molar-refractivity contribution in [2.24, 2.45) is 7.05 Å². The molecule has 0 unspecified atom stereocenters. The monoisotopic (exact) mass is 316 g/mol. The molecule has 5 heteroatoms. The number of alkyl halides is 1. The quantitative estimate of drug-likeness (QED) is 0.758. The molecule has 0 bridgehead atoms. The zero-order chi connectivity index (χ0) is 16.0. The number of anilines is 2. The topological polar surface area (TPSA) is 42.3 Å². The number of rotatable bonds is 1. The Morgan fingerprint density at radius 1 is 1.27 bits per heavy atom. The van der Waals surface area contributed by atoms with E-state index in [0.717, 1.165) is 22.5 Å². The SMILES string of the molecule is Cc1c2c(n(C)c1C)C(=O)Cc1ccccc1N2C(=O)CCl. The maximum absolute atomic E-state index is 12.7. The summed E-state index contributed by atoms with van der Waals surface area (Å²) in [6, 6.07) is 7.50. The molecule has 0 radical (unpaired) electrons. The molecule has 3 rings (SSSR count). The molecular weight excluding hydrogens is 300 g/mol. The Labute approximate surface area is 134 Å². The van der Waals surface area contributed by atoms with E-state index in [2.05, 4.69) is 0 Å². The van der Waals surface area contributed by atoms with Gasteiger partial charge in [0.15, 0.2) is 5.78 Å². The van der Waals surface area contributed by atoms with Gasteiger partial charge in [0.05, 0.1) is 11.4 Å². The molecule has 0 saturated carbocycles. The third kappa shape index (κ3) is 1.98. The molecule has 1 aliphatic rings. The van der Waals surface area contributed by atoms with Gasteiger partial charge in [0.25, 0.3) is 0 Å². The number of nitrogens with zero attached hydrogens (tertiary/aromatic N) is 2. The summed E-state index contributed by atoms with van der Waals surface area (Å²) in [6.07, 6.45) is 0.284. The third-order valence-corrected chi connectivity index (χ3v) is 4.62. The summed E-state index contributed by atoms with van der Waals surface area (Å²) in [4.78, 5) is 26.8. The number of fused-ring (bicyclic) bond motifs is 2. The second-order valence-corrected chi connectivity index (χ2v) is 5.83. The van der Waals surface area contributed by atoms with Crippen LogP contribution in [0.15, 0.2) is 24.3 Å². The molecule has 0 N–H and O–H groups in total. The van der Waals surface area contributed by atoms with Gasteiger partial charge in [0.1, 0.15) is 11.6 Å². The Hall–Kier alpha value is -2.07. The van der Waals surface area contributed by atoms with Crippen LogP contribution in [-0.2, 0) is 18.3 Å². The highest BCUT2D eigenvalue weighted by molar-refractivity contribution is 6.31. The minimum Gasteiger partial charge on any atom is -0.344 e. The lowest BCUT2D eigenvalue weighted by atomic mass is 10.1. The van der Waals surface area contributed by atoms with Crippen LogP contribution < -0.4 is 4.90 Å². The first kappa shape index (κ1) is 14.9. The van der Waals surface area contributed by atoms with Gasteiger partial charge in [-0.25, -0.2) is 0 Å². The summed E-state index contributed by atoms with van der Waals surface area (Å²) in [5, 5.41) is 0. The average molecular weight is 317 g/mol. The summed E-state index contributed by atoms with van der Waals surface area (Å²) in [5.74, 6) is -0.334. The fourth-order valence-electron chi connectivity index (χ4n) is 3.09. The van der Waals surface area contributed by atoms with Crippen LogP contribution in [0.2, 0.25) is 0 Å². The number of hydrogen-bond donors (Lipinski definition) is 0. The Morgan fingerprint density at radius 3 is 2.64 bits per heavy atom. The van der Waals surface area contributed by atoms with Crippen LogP contribution in [0.3, 0.4) is 0 Å². The van der Waals surface area contributed by atoms with Gasteiger partial charge in [0.2, 0.25) is 5.91 Å². The summed E-state index contributed by atoms with van der Waals surface area (Å²) < 4.78 is 1.87. The smallest absolute Gasteiger partial charge is 0.246 e. The summed E-state index contributed by atoms with van der Waals surface area (Å²) in [6.45, 7) is 3.89. The highest BCUT2D eigenvalue weighted by Crippen LogP contribution is 2.40. The normalized spacial score (nSPS) is 13.6. The van der Waals surface area contributed by atoms with Crippen molar-refractivity contribution in [3.8, 4) is 0 Å². The van der Waals surface area contributed by atoms with Gasteiger partial charge in [-0.15, -0.1) is 11.6 Å².